The first-order valence-corrected chi connectivity index (χ1v) is 7.47. The number of aromatic nitrogens is 2. The first kappa shape index (κ1) is 15.9. The third kappa shape index (κ3) is 4.52. The summed E-state index contributed by atoms with van der Waals surface area (Å²) in [7, 11) is 1.68. The Morgan fingerprint density at radius 3 is 2.76 bits per heavy atom. The Balaban J connectivity index is 2.04. The summed E-state index contributed by atoms with van der Waals surface area (Å²) in [6.45, 7) is 7.72. The molecule has 0 atom stereocenters. The molecule has 0 saturated heterocycles. The first-order chi connectivity index (χ1) is 10.2. The van der Waals surface area contributed by atoms with E-state index < -0.39 is 0 Å². The molecule has 0 unspecified atom stereocenters. The van der Waals surface area contributed by atoms with Crippen LogP contribution in [0.1, 0.15) is 19.5 Å². The third-order valence-electron chi connectivity index (χ3n) is 3.29. The van der Waals surface area contributed by atoms with Crippen molar-refractivity contribution in [1.82, 2.24) is 15.1 Å². The van der Waals surface area contributed by atoms with Gasteiger partial charge in [-0.3, -0.25) is 4.68 Å². The van der Waals surface area contributed by atoms with Crippen molar-refractivity contribution in [2.24, 2.45) is 0 Å². The van der Waals surface area contributed by atoms with Crippen LogP contribution < -0.4 is 5.32 Å². The van der Waals surface area contributed by atoms with Gasteiger partial charge in [-0.05, 0) is 6.07 Å². The van der Waals surface area contributed by atoms with Gasteiger partial charge in [-0.25, -0.2) is 0 Å². The quantitative estimate of drug-likeness (QED) is 0.720. The van der Waals surface area contributed by atoms with Crippen molar-refractivity contribution in [3.05, 3.63) is 30.0 Å². The molecule has 1 N–H and O–H groups in total. The molecule has 0 radical (unpaired) electrons. The summed E-state index contributed by atoms with van der Waals surface area (Å²) < 4.78 is 12.5. The van der Waals surface area contributed by atoms with Crippen LogP contribution in [-0.2, 0) is 22.6 Å². The molecule has 5 nitrogen and oxygen atoms in total. The van der Waals surface area contributed by atoms with Crippen LogP contribution in [0.2, 0.25) is 0 Å². The fourth-order valence-electron chi connectivity index (χ4n) is 2.19. The molecule has 5 heteroatoms. The standard InChI is InChI=1S/C16H25N3O2/c1-13(2)17-12-15-14-6-4-5-7-16(14)19(18-15)8-9-21-11-10-20-3/h4-7,13,17H,8-12H2,1-3H3. The summed E-state index contributed by atoms with van der Waals surface area (Å²) in [6.07, 6.45) is 0. The van der Waals surface area contributed by atoms with Crippen LogP contribution in [0, 0.1) is 0 Å². The van der Waals surface area contributed by atoms with Gasteiger partial charge in [0.25, 0.3) is 0 Å². The lowest BCUT2D eigenvalue weighted by molar-refractivity contribution is 0.0658. The maximum atomic E-state index is 5.53. The number of methoxy groups -OCH3 is 1. The summed E-state index contributed by atoms with van der Waals surface area (Å²) >= 11 is 0. The van der Waals surface area contributed by atoms with E-state index in [9.17, 15) is 0 Å². The Kier molecular flexibility index (Phi) is 6.17. The van der Waals surface area contributed by atoms with Gasteiger partial charge in [0, 0.05) is 25.1 Å². The Labute approximate surface area is 126 Å². The molecule has 2 aromatic rings. The largest absolute Gasteiger partial charge is 0.382 e. The van der Waals surface area contributed by atoms with Gasteiger partial charge in [-0.2, -0.15) is 5.10 Å². The zero-order valence-corrected chi connectivity index (χ0v) is 13.1. The summed E-state index contributed by atoms with van der Waals surface area (Å²) in [5, 5.41) is 9.36. The van der Waals surface area contributed by atoms with E-state index in [1.807, 2.05) is 10.7 Å². The van der Waals surface area contributed by atoms with Crippen LogP contribution in [0.5, 0.6) is 0 Å². The fraction of sp³-hybridized carbons (Fsp3) is 0.562. The second kappa shape index (κ2) is 8.12. The van der Waals surface area contributed by atoms with E-state index in [4.69, 9.17) is 14.6 Å². The highest BCUT2D eigenvalue weighted by atomic mass is 16.5. The van der Waals surface area contributed by atoms with Crippen molar-refractivity contribution in [2.75, 3.05) is 26.9 Å². The molecule has 0 aliphatic heterocycles. The number of para-hydroxylation sites is 1. The predicted octanol–water partition coefficient (Wildman–Crippen LogP) is 2.20. The van der Waals surface area contributed by atoms with Crippen LogP contribution in [0.25, 0.3) is 10.9 Å². The monoisotopic (exact) mass is 291 g/mol. The van der Waals surface area contributed by atoms with Gasteiger partial charge in [0.1, 0.15) is 0 Å². The van der Waals surface area contributed by atoms with Crippen LogP contribution in [-0.4, -0.2) is 42.8 Å². The average molecular weight is 291 g/mol. The number of fused-ring (bicyclic) bond motifs is 1. The van der Waals surface area contributed by atoms with Gasteiger partial charge in [-0.1, -0.05) is 32.0 Å². The molecule has 0 spiro atoms. The van der Waals surface area contributed by atoms with Crippen molar-refractivity contribution >= 4 is 10.9 Å². The normalized spacial score (nSPS) is 11.6. The second-order valence-corrected chi connectivity index (χ2v) is 5.33. The highest BCUT2D eigenvalue weighted by molar-refractivity contribution is 5.81. The molecule has 1 heterocycles. The maximum Gasteiger partial charge on any atom is 0.0841 e. The highest BCUT2D eigenvalue weighted by Gasteiger charge is 2.09. The molecular weight excluding hydrogens is 266 g/mol. The lowest BCUT2D eigenvalue weighted by Crippen LogP contribution is -2.22. The Morgan fingerprint density at radius 2 is 2.00 bits per heavy atom. The van der Waals surface area contributed by atoms with Gasteiger partial charge in [0.05, 0.1) is 37.6 Å². The van der Waals surface area contributed by atoms with Crippen molar-refractivity contribution in [3.8, 4) is 0 Å². The average Bonchev–Trinajstić information content (AvgIpc) is 2.83. The number of hydrogen-bond acceptors (Lipinski definition) is 4. The van der Waals surface area contributed by atoms with E-state index in [2.05, 4.69) is 37.4 Å². The molecule has 0 aliphatic carbocycles. The zero-order valence-electron chi connectivity index (χ0n) is 13.1. The van der Waals surface area contributed by atoms with E-state index in [0.717, 1.165) is 24.3 Å². The number of nitrogens with zero attached hydrogens (tertiary/aromatic N) is 2. The molecule has 1 aromatic heterocycles. The summed E-state index contributed by atoms with van der Waals surface area (Å²) in [4.78, 5) is 0. The van der Waals surface area contributed by atoms with Crippen LogP contribution in [0.4, 0.5) is 0 Å². The summed E-state index contributed by atoms with van der Waals surface area (Å²) in [6, 6.07) is 8.79. The molecule has 2 rings (SSSR count). The Bertz CT molecular complexity index is 551. The lowest BCUT2D eigenvalue weighted by atomic mass is 10.2. The predicted molar refractivity (Wildman–Crippen MR) is 84.4 cm³/mol. The number of hydrogen-bond donors (Lipinski definition) is 1. The molecule has 0 aliphatic rings. The van der Waals surface area contributed by atoms with Crippen molar-refractivity contribution in [2.45, 2.75) is 33.0 Å². The van der Waals surface area contributed by atoms with Gasteiger partial charge in [-0.15, -0.1) is 0 Å². The van der Waals surface area contributed by atoms with E-state index in [1.54, 1.807) is 7.11 Å². The summed E-state index contributed by atoms with van der Waals surface area (Å²) in [5.74, 6) is 0. The molecule has 0 amide bonds. The van der Waals surface area contributed by atoms with Crippen molar-refractivity contribution < 1.29 is 9.47 Å². The van der Waals surface area contributed by atoms with Gasteiger partial charge in [0.15, 0.2) is 0 Å². The Hall–Kier alpha value is -1.43. The first-order valence-electron chi connectivity index (χ1n) is 7.47. The van der Waals surface area contributed by atoms with E-state index in [-0.39, 0.29) is 0 Å². The molecule has 0 saturated carbocycles. The lowest BCUT2D eigenvalue weighted by Gasteiger charge is -2.06. The van der Waals surface area contributed by atoms with Gasteiger partial charge in [0.2, 0.25) is 0 Å². The molecule has 21 heavy (non-hydrogen) atoms. The van der Waals surface area contributed by atoms with E-state index in [0.29, 0.717) is 25.9 Å². The topological polar surface area (TPSA) is 48.3 Å². The van der Waals surface area contributed by atoms with Crippen LogP contribution in [0.15, 0.2) is 24.3 Å². The SMILES string of the molecule is COCCOCCn1nc(CNC(C)C)c2ccccc21. The van der Waals surface area contributed by atoms with E-state index in [1.165, 1.54) is 5.39 Å². The number of ether oxygens (including phenoxy) is 2. The van der Waals surface area contributed by atoms with Gasteiger partial charge >= 0.3 is 0 Å². The Morgan fingerprint density at radius 1 is 1.19 bits per heavy atom. The van der Waals surface area contributed by atoms with Crippen molar-refractivity contribution in [1.29, 1.82) is 0 Å². The molecular formula is C16H25N3O2. The minimum atomic E-state index is 0.450. The molecule has 0 fully saturated rings. The smallest absolute Gasteiger partial charge is 0.0841 e. The molecule has 0 bridgehead atoms. The zero-order chi connectivity index (χ0) is 15.1. The fourth-order valence-corrected chi connectivity index (χ4v) is 2.19. The van der Waals surface area contributed by atoms with E-state index >= 15 is 0 Å². The minimum absolute atomic E-state index is 0.450. The highest BCUT2D eigenvalue weighted by Crippen LogP contribution is 2.18. The van der Waals surface area contributed by atoms with Crippen molar-refractivity contribution in [3.63, 3.8) is 0 Å². The van der Waals surface area contributed by atoms with Gasteiger partial charge < -0.3 is 14.8 Å². The van der Waals surface area contributed by atoms with Crippen LogP contribution >= 0.6 is 0 Å². The summed E-state index contributed by atoms with van der Waals surface area (Å²) in [5.41, 5.74) is 2.25. The minimum Gasteiger partial charge on any atom is -0.382 e. The number of nitrogens with one attached hydrogen (secondary N) is 1. The maximum absolute atomic E-state index is 5.53. The second-order valence-electron chi connectivity index (χ2n) is 5.33. The number of benzene rings is 1. The third-order valence-corrected chi connectivity index (χ3v) is 3.29. The van der Waals surface area contributed by atoms with Crippen LogP contribution in [0.3, 0.4) is 0 Å². The molecule has 116 valence electrons. The molecule has 1 aromatic carbocycles. The number of rotatable bonds is 9.